The van der Waals surface area contributed by atoms with Gasteiger partial charge >= 0.3 is 0 Å². The van der Waals surface area contributed by atoms with Gasteiger partial charge in [0.25, 0.3) is 0 Å². The van der Waals surface area contributed by atoms with Crippen molar-refractivity contribution >= 4 is 12.1 Å². The molecule has 2 heteroatoms. The summed E-state index contributed by atoms with van der Waals surface area (Å²) < 4.78 is 0. The third-order valence-corrected chi connectivity index (χ3v) is 1.76. The van der Waals surface area contributed by atoms with Crippen molar-refractivity contribution in [2.24, 2.45) is 21.8 Å². The molecular weight excluding hydrogens is 124 g/mol. The van der Waals surface area contributed by atoms with Gasteiger partial charge in [-0.3, -0.25) is 4.99 Å². The SMILES string of the molecule is CC(C)C1=NC=NCC1C. The van der Waals surface area contributed by atoms with Crippen molar-refractivity contribution < 1.29 is 0 Å². The Kier molecular flexibility index (Phi) is 2.20. The minimum absolute atomic E-state index is 0.546. The van der Waals surface area contributed by atoms with Gasteiger partial charge in [0.1, 0.15) is 6.34 Å². The van der Waals surface area contributed by atoms with E-state index in [1.54, 1.807) is 6.34 Å². The van der Waals surface area contributed by atoms with Crippen LogP contribution in [0.25, 0.3) is 0 Å². The molecule has 0 saturated carbocycles. The van der Waals surface area contributed by atoms with Crippen molar-refractivity contribution in [3.63, 3.8) is 0 Å². The highest BCUT2D eigenvalue weighted by Gasteiger charge is 2.14. The zero-order valence-electron chi connectivity index (χ0n) is 6.83. The summed E-state index contributed by atoms with van der Waals surface area (Å²) in [4.78, 5) is 8.31. The number of hydrogen-bond acceptors (Lipinski definition) is 2. The van der Waals surface area contributed by atoms with Crippen LogP contribution >= 0.6 is 0 Å². The Bertz CT molecular complexity index is 168. The summed E-state index contributed by atoms with van der Waals surface area (Å²) in [7, 11) is 0. The van der Waals surface area contributed by atoms with Gasteiger partial charge in [-0.25, -0.2) is 4.99 Å². The minimum atomic E-state index is 0.546. The molecule has 0 saturated heterocycles. The fourth-order valence-electron chi connectivity index (χ4n) is 1.25. The Hall–Kier alpha value is -0.660. The molecule has 0 fully saturated rings. The molecule has 1 unspecified atom stereocenters. The summed E-state index contributed by atoms with van der Waals surface area (Å²) >= 11 is 0. The largest absolute Gasteiger partial charge is 0.273 e. The van der Waals surface area contributed by atoms with Crippen molar-refractivity contribution in [1.29, 1.82) is 0 Å². The lowest BCUT2D eigenvalue weighted by Crippen LogP contribution is -2.22. The van der Waals surface area contributed by atoms with Crippen molar-refractivity contribution in [2.75, 3.05) is 6.54 Å². The van der Waals surface area contributed by atoms with Gasteiger partial charge in [0.15, 0.2) is 0 Å². The van der Waals surface area contributed by atoms with E-state index in [4.69, 9.17) is 0 Å². The fourth-order valence-corrected chi connectivity index (χ4v) is 1.25. The quantitative estimate of drug-likeness (QED) is 0.527. The van der Waals surface area contributed by atoms with Gasteiger partial charge in [-0.15, -0.1) is 0 Å². The first-order valence-corrected chi connectivity index (χ1v) is 3.77. The van der Waals surface area contributed by atoms with Crippen molar-refractivity contribution in [3.05, 3.63) is 0 Å². The van der Waals surface area contributed by atoms with Crippen LogP contribution in [0.15, 0.2) is 9.98 Å². The molecule has 2 nitrogen and oxygen atoms in total. The first-order chi connectivity index (χ1) is 4.72. The average molecular weight is 138 g/mol. The lowest BCUT2D eigenvalue weighted by atomic mass is 9.95. The van der Waals surface area contributed by atoms with Crippen LogP contribution in [0.5, 0.6) is 0 Å². The second-order valence-electron chi connectivity index (χ2n) is 3.09. The predicted octanol–water partition coefficient (Wildman–Crippen LogP) is 1.76. The summed E-state index contributed by atoms with van der Waals surface area (Å²) in [6.45, 7) is 7.44. The summed E-state index contributed by atoms with van der Waals surface area (Å²) in [5, 5.41) is 0. The molecular formula is C8H14N2. The van der Waals surface area contributed by atoms with Crippen LogP contribution in [0.1, 0.15) is 20.8 Å². The van der Waals surface area contributed by atoms with Crippen LogP contribution in [0, 0.1) is 11.8 Å². The van der Waals surface area contributed by atoms with Crippen molar-refractivity contribution in [3.8, 4) is 0 Å². The molecule has 0 aromatic heterocycles. The molecule has 1 heterocycles. The summed E-state index contributed by atoms with van der Waals surface area (Å²) in [6, 6.07) is 0. The van der Waals surface area contributed by atoms with E-state index in [9.17, 15) is 0 Å². The van der Waals surface area contributed by atoms with Gasteiger partial charge in [-0.2, -0.15) is 0 Å². The first-order valence-electron chi connectivity index (χ1n) is 3.77. The maximum Gasteiger partial charge on any atom is 0.109 e. The fraction of sp³-hybridized carbons (Fsp3) is 0.750. The van der Waals surface area contributed by atoms with E-state index in [1.165, 1.54) is 5.71 Å². The average Bonchev–Trinajstić information content (AvgIpc) is 1.88. The second kappa shape index (κ2) is 2.95. The van der Waals surface area contributed by atoms with Gasteiger partial charge in [-0.1, -0.05) is 20.8 Å². The van der Waals surface area contributed by atoms with Crippen molar-refractivity contribution in [2.45, 2.75) is 20.8 Å². The maximum absolute atomic E-state index is 4.23. The third kappa shape index (κ3) is 1.43. The van der Waals surface area contributed by atoms with Crippen LogP contribution < -0.4 is 0 Å². The maximum atomic E-state index is 4.23. The Morgan fingerprint density at radius 1 is 1.60 bits per heavy atom. The van der Waals surface area contributed by atoms with Gasteiger partial charge in [-0.05, 0) is 5.92 Å². The smallest absolute Gasteiger partial charge is 0.109 e. The van der Waals surface area contributed by atoms with Gasteiger partial charge in [0, 0.05) is 18.2 Å². The molecule has 1 aliphatic heterocycles. The normalized spacial score (nSPS) is 25.2. The molecule has 0 radical (unpaired) electrons. The summed E-state index contributed by atoms with van der Waals surface area (Å²) in [6.07, 6.45) is 1.68. The Morgan fingerprint density at radius 3 is 2.70 bits per heavy atom. The Balaban J connectivity index is 2.70. The number of aliphatic imine (C=N–C) groups is 2. The van der Waals surface area contributed by atoms with E-state index < -0.39 is 0 Å². The van der Waals surface area contributed by atoms with E-state index in [0.29, 0.717) is 11.8 Å². The highest BCUT2D eigenvalue weighted by Crippen LogP contribution is 2.11. The molecule has 0 amide bonds. The number of rotatable bonds is 1. The van der Waals surface area contributed by atoms with E-state index in [1.807, 2.05) is 0 Å². The van der Waals surface area contributed by atoms with Gasteiger partial charge < -0.3 is 0 Å². The Morgan fingerprint density at radius 2 is 2.30 bits per heavy atom. The van der Waals surface area contributed by atoms with E-state index in [-0.39, 0.29) is 0 Å². The van der Waals surface area contributed by atoms with Crippen LogP contribution in [-0.4, -0.2) is 18.6 Å². The van der Waals surface area contributed by atoms with Crippen LogP contribution in [0.4, 0.5) is 0 Å². The molecule has 0 aromatic carbocycles. The summed E-state index contributed by atoms with van der Waals surface area (Å²) in [5.41, 5.74) is 1.29. The summed E-state index contributed by atoms with van der Waals surface area (Å²) in [5.74, 6) is 1.12. The Labute approximate surface area is 62.1 Å². The molecule has 10 heavy (non-hydrogen) atoms. The number of nitrogens with zero attached hydrogens (tertiary/aromatic N) is 2. The molecule has 0 aliphatic carbocycles. The zero-order valence-corrected chi connectivity index (χ0v) is 6.83. The van der Waals surface area contributed by atoms with Crippen LogP contribution in [-0.2, 0) is 0 Å². The topological polar surface area (TPSA) is 24.7 Å². The number of hydrogen-bond donors (Lipinski definition) is 0. The highest BCUT2D eigenvalue weighted by molar-refractivity contribution is 5.95. The van der Waals surface area contributed by atoms with Crippen molar-refractivity contribution in [1.82, 2.24) is 0 Å². The predicted molar refractivity (Wildman–Crippen MR) is 44.8 cm³/mol. The molecule has 1 atom stereocenters. The highest BCUT2D eigenvalue weighted by atomic mass is 14.9. The lowest BCUT2D eigenvalue weighted by molar-refractivity contribution is 0.709. The molecule has 0 spiro atoms. The van der Waals surface area contributed by atoms with E-state index >= 15 is 0 Å². The van der Waals surface area contributed by atoms with E-state index in [0.717, 1.165) is 6.54 Å². The minimum Gasteiger partial charge on any atom is -0.273 e. The third-order valence-electron chi connectivity index (χ3n) is 1.76. The first kappa shape index (κ1) is 7.45. The lowest BCUT2D eigenvalue weighted by Gasteiger charge is -2.17. The van der Waals surface area contributed by atoms with Crippen LogP contribution in [0.3, 0.4) is 0 Å². The molecule has 0 N–H and O–H groups in total. The van der Waals surface area contributed by atoms with E-state index in [2.05, 4.69) is 30.8 Å². The monoisotopic (exact) mass is 138 g/mol. The molecule has 0 aromatic rings. The van der Waals surface area contributed by atoms with Gasteiger partial charge in [0.05, 0.1) is 0 Å². The standard InChI is InChI=1S/C8H14N2/c1-6(2)8-7(3)4-9-5-10-8/h5-7H,4H2,1-3H3. The molecule has 1 rings (SSSR count). The molecule has 1 aliphatic rings. The zero-order chi connectivity index (χ0) is 7.56. The second-order valence-corrected chi connectivity index (χ2v) is 3.09. The molecule has 56 valence electrons. The van der Waals surface area contributed by atoms with Gasteiger partial charge in [0.2, 0.25) is 0 Å². The van der Waals surface area contributed by atoms with Crippen LogP contribution in [0.2, 0.25) is 0 Å². The molecule has 0 bridgehead atoms.